The lowest BCUT2D eigenvalue weighted by Crippen LogP contribution is -2.45. The van der Waals surface area contributed by atoms with Crippen LogP contribution in [-0.2, 0) is 24.7 Å². The van der Waals surface area contributed by atoms with E-state index in [9.17, 15) is 21.6 Å². The summed E-state index contributed by atoms with van der Waals surface area (Å²) in [5.74, 6) is -1.11. The van der Waals surface area contributed by atoms with Gasteiger partial charge in [-0.2, -0.15) is 17.8 Å². The molecule has 1 aromatic carbocycles. The summed E-state index contributed by atoms with van der Waals surface area (Å²) in [5.41, 5.74) is 0.200. The number of carbonyl (C=O) groups excluding carboxylic acids is 1. The molecule has 14 heteroatoms. The van der Waals surface area contributed by atoms with Crippen molar-refractivity contribution in [2.75, 3.05) is 19.6 Å². The molecule has 0 unspecified atom stereocenters. The number of aliphatic imine (C=N–C) groups is 1. The largest absolute Gasteiger partial charge is 0.493 e. The Kier molecular flexibility index (Phi) is 5.27. The van der Waals surface area contributed by atoms with Crippen LogP contribution in [-0.4, -0.2) is 63.4 Å². The van der Waals surface area contributed by atoms with E-state index in [0.29, 0.717) is 17.5 Å². The molecule has 0 saturated heterocycles. The molecule has 0 atom stereocenters. The third-order valence-corrected chi connectivity index (χ3v) is 5.80. The molecule has 0 aliphatic carbocycles. The number of benzene rings is 1. The van der Waals surface area contributed by atoms with Gasteiger partial charge in [-0.25, -0.2) is 13.3 Å². The molecule has 2 aliphatic heterocycles. The maximum atomic E-state index is 12.3. The van der Waals surface area contributed by atoms with Crippen molar-refractivity contribution in [1.29, 1.82) is 5.41 Å². The van der Waals surface area contributed by atoms with Crippen LogP contribution < -0.4 is 8.92 Å². The zero-order valence-electron chi connectivity index (χ0n) is 15.2. The summed E-state index contributed by atoms with van der Waals surface area (Å²) < 4.78 is 60.2. The topological polar surface area (TPSA) is 156 Å². The second-order valence-corrected chi connectivity index (χ2v) is 10.1. The van der Waals surface area contributed by atoms with E-state index in [1.165, 1.54) is 31.4 Å². The lowest BCUT2D eigenvalue weighted by Gasteiger charge is -2.23. The van der Waals surface area contributed by atoms with Gasteiger partial charge in [0.2, 0.25) is 20.2 Å². The summed E-state index contributed by atoms with van der Waals surface area (Å²) in [6.45, 7) is 0. The predicted molar refractivity (Wildman–Crippen MR) is 108 cm³/mol. The number of carbonyl (C=O) groups is 1. The minimum Gasteiger partial charge on any atom is -0.493 e. The summed E-state index contributed by atoms with van der Waals surface area (Å²) in [6, 6.07) is 4.17. The molecule has 1 N–H and O–H groups in total. The van der Waals surface area contributed by atoms with E-state index in [1.807, 2.05) is 0 Å². The van der Waals surface area contributed by atoms with E-state index in [0.717, 1.165) is 17.4 Å². The van der Waals surface area contributed by atoms with Gasteiger partial charge in [0.15, 0.2) is 11.5 Å². The van der Waals surface area contributed by atoms with Gasteiger partial charge in [0, 0.05) is 6.26 Å². The van der Waals surface area contributed by atoms with Crippen LogP contribution in [0.25, 0.3) is 6.08 Å². The Bertz CT molecular complexity index is 1230. The van der Waals surface area contributed by atoms with Crippen molar-refractivity contribution in [2.24, 2.45) is 9.39 Å². The number of fused-ring (bicyclic) bond motifs is 1. The Balaban J connectivity index is 2.02. The normalized spacial score (nSPS) is 18.4. The first-order chi connectivity index (χ1) is 13.4. The minimum absolute atomic E-state index is 0.0212. The summed E-state index contributed by atoms with van der Waals surface area (Å²) in [7, 11) is -6.22. The van der Waals surface area contributed by atoms with Gasteiger partial charge in [0.05, 0.1) is 30.9 Å². The Morgan fingerprint density at radius 1 is 1.17 bits per heavy atom. The monoisotopic (exact) mass is 458 g/mol. The molecule has 1 amide bonds. The molecule has 0 radical (unpaired) electrons. The molecule has 29 heavy (non-hydrogen) atoms. The van der Waals surface area contributed by atoms with E-state index in [2.05, 4.69) is 9.39 Å². The Morgan fingerprint density at radius 3 is 2.45 bits per heavy atom. The van der Waals surface area contributed by atoms with E-state index in [-0.39, 0.29) is 27.4 Å². The lowest BCUT2D eigenvalue weighted by molar-refractivity contribution is -0.114. The average molecular weight is 458 g/mol. The Labute approximate surface area is 170 Å². The highest BCUT2D eigenvalue weighted by molar-refractivity contribution is 8.16. The number of rotatable bonds is 4. The quantitative estimate of drug-likeness (QED) is 0.389. The second kappa shape index (κ2) is 7.27. The highest BCUT2D eigenvalue weighted by Crippen LogP contribution is 2.32. The fourth-order valence-corrected chi connectivity index (χ4v) is 4.72. The number of ether oxygens (including phenoxy) is 1. The number of methoxy groups -OCH3 is 1. The number of sulfone groups is 1. The minimum atomic E-state index is -3.78. The predicted octanol–water partition coefficient (Wildman–Crippen LogP) is 0.655. The fraction of sp³-hybridized carbons (Fsp3) is 0.200. The number of amides is 1. The molecule has 0 spiro atoms. The van der Waals surface area contributed by atoms with Crippen LogP contribution in [0.1, 0.15) is 5.56 Å². The van der Waals surface area contributed by atoms with Crippen LogP contribution in [0.15, 0.2) is 33.2 Å². The average Bonchev–Trinajstić information content (AvgIpc) is 3.02. The van der Waals surface area contributed by atoms with Gasteiger partial charge in [-0.3, -0.25) is 10.2 Å². The van der Waals surface area contributed by atoms with Gasteiger partial charge in [-0.1, -0.05) is 6.07 Å². The zero-order valence-corrected chi connectivity index (χ0v) is 17.7. The Morgan fingerprint density at radius 2 is 1.86 bits per heavy atom. The number of hydrogen-bond donors (Lipinski definition) is 1. The molecule has 0 bridgehead atoms. The fourth-order valence-electron chi connectivity index (χ4n) is 2.41. The third-order valence-electron chi connectivity index (χ3n) is 3.57. The van der Waals surface area contributed by atoms with Crippen LogP contribution in [0, 0.1) is 5.41 Å². The molecule has 2 heterocycles. The van der Waals surface area contributed by atoms with E-state index in [1.54, 1.807) is 0 Å². The SMILES string of the molecule is COc1cc(/C=C2/C(=N)N3C(=NC2=O)SN=C3S(C)(=O)=O)ccc1OS(C)(=O)=O. The summed E-state index contributed by atoms with van der Waals surface area (Å²) in [6.07, 6.45) is 3.13. The summed E-state index contributed by atoms with van der Waals surface area (Å²) in [5, 5.41) is 7.87. The number of hydrogen-bond acceptors (Lipinski definition) is 10. The first kappa shape index (κ1) is 21.0. The molecular weight excluding hydrogens is 444 g/mol. The molecular formula is C15H14N4O7S3. The molecule has 0 saturated carbocycles. The van der Waals surface area contributed by atoms with Crippen molar-refractivity contribution < 1.29 is 30.6 Å². The molecule has 11 nitrogen and oxygen atoms in total. The van der Waals surface area contributed by atoms with E-state index >= 15 is 0 Å². The highest BCUT2D eigenvalue weighted by atomic mass is 32.2. The van der Waals surface area contributed by atoms with Gasteiger partial charge in [-0.05, 0) is 23.8 Å². The summed E-state index contributed by atoms with van der Waals surface area (Å²) in [4.78, 5) is 17.1. The standard InChI is InChI=1S/C15H14N4O7S3/c1-25-11-7-8(4-5-10(11)26-29(3,23)24)6-9-12(16)19-14(17-13(9)20)27-18-15(19)28(2,21)22/h4-7,16H,1-3H3/b9-6-,16-12?. The smallest absolute Gasteiger partial charge is 0.306 e. The van der Waals surface area contributed by atoms with E-state index < -0.39 is 31.7 Å². The van der Waals surface area contributed by atoms with Gasteiger partial charge < -0.3 is 8.92 Å². The van der Waals surface area contributed by atoms with Gasteiger partial charge >= 0.3 is 10.1 Å². The van der Waals surface area contributed by atoms with Crippen molar-refractivity contribution in [1.82, 2.24) is 4.90 Å². The van der Waals surface area contributed by atoms with Crippen LogP contribution in [0.2, 0.25) is 0 Å². The molecule has 154 valence electrons. The van der Waals surface area contributed by atoms with Crippen LogP contribution in [0.4, 0.5) is 0 Å². The second-order valence-electron chi connectivity index (χ2n) is 5.88. The highest BCUT2D eigenvalue weighted by Gasteiger charge is 2.41. The summed E-state index contributed by atoms with van der Waals surface area (Å²) >= 11 is 0.693. The van der Waals surface area contributed by atoms with Crippen LogP contribution >= 0.6 is 11.9 Å². The molecule has 0 aromatic heterocycles. The van der Waals surface area contributed by atoms with Gasteiger partial charge in [0.25, 0.3) is 5.91 Å². The Hall–Kier alpha value is -2.71. The van der Waals surface area contributed by atoms with Gasteiger partial charge in [-0.15, -0.1) is 0 Å². The first-order valence-electron chi connectivity index (χ1n) is 7.67. The van der Waals surface area contributed by atoms with Crippen molar-refractivity contribution in [3.05, 3.63) is 29.3 Å². The molecule has 1 aromatic rings. The molecule has 2 aliphatic rings. The van der Waals surface area contributed by atoms with Crippen LogP contribution in [0.3, 0.4) is 0 Å². The maximum Gasteiger partial charge on any atom is 0.306 e. The first-order valence-corrected chi connectivity index (χ1v) is 12.1. The zero-order chi connectivity index (χ0) is 21.6. The number of amidine groups is 3. The number of nitrogens with zero attached hydrogens (tertiary/aromatic N) is 3. The van der Waals surface area contributed by atoms with Crippen molar-refractivity contribution >= 4 is 60.1 Å². The molecule has 0 fully saturated rings. The van der Waals surface area contributed by atoms with Crippen molar-refractivity contribution in [3.63, 3.8) is 0 Å². The number of nitrogens with one attached hydrogen (secondary N) is 1. The lowest BCUT2D eigenvalue weighted by atomic mass is 10.1. The third kappa shape index (κ3) is 4.33. The van der Waals surface area contributed by atoms with E-state index in [4.69, 9.17) is 14.3 Å². The van der Waals surface area contributed by atoms with Gasteiger partial charge in [0.1, 0.15) is 5.84 Å². The van der Waals surface area contributed by atoms with Crippen molar-refractivity contribution in [2.45, 2.75) is 0 Å². The maximum absolute atomic E-state index is 12.3. The van der Waals surface area contributed by atoms with Crippen molar-refractivity contribution in [3.8, 4) is 11.5 Å². The molecule has 3 rings (SSSR count). The van der Waals surface area contributed by atoms with Crippen LogP contribution in [0.5, 0.6) is 11.5 Å².